The molecule has 108 valence electrons. The molecule has 1 aromatic rings. The highest BCUT2D eigenvalue weighted by molar-refractivity contribution is 5.42. The van der Waals surface area contributed by atoms with Gasteiger partial charge in [0.25, 0.3) is 0 Å². The summed E-state index contributed by atoms with van der Waals surface area (Å²) >= 11 is 0. The van der Waals surface area contributed by atoms with Gasteiger partial charge in [0, 0.05) is 17.7 Å². The number of rotatable bonds is 5. The Bertz CT molecular complexity index is 410. The molecule has 0 amide bonds. The van der Waals surface area contributed by atoms with E-state index >= 15 is 0 Å². The summed E-state index contributed by atoms with van der Waals surface area (Å²) in [5.74, 6) is 2.12. The van der Waals surface area contributed by atoms with Crippen LogP contribution in [-0.2, 0) is 0 Å². The summed E-state index contributed by atoms with van der Waals surface area (Å²) < 4.78 is 10.6. The quantitative estimate of drug-likeness (QED) is 0.881. The summed E-state index contributed by atoms with van der Waals surface area (Å²) in [5.41, 5.74) is 7.64. The first-order valence-corrected chi connectivity index (χ1v) is 6.77. The van der Waals surface area contributed by atoms with Crippen molar-refractivity contribution >= 4 is 0 Å². The van der Waals surface area contributed by atoms with Gasteiger partial charge < -0.3 is 15.2 Å². The van der Waals surface area contributed by atoms with Crippen molar-refractivity contribution in [3.63, 3.8) is 0 Å². The highest BCUT2D eigenvalue weighted by Crippen LogP contribution is 2.36. The molecule has 2 atom stereocenters. The van der Waals surface area contributed by atoms with Crippen LogP contribution in [0.1, 0.15) is 45.7 Å². The normalized spacial score (nSPS) is 14.9. The standard InChI is InChI=1S/C16H27NO2/c1-11(16(2,3)4)9-14(17)13-8-7-12(18-5)10-15(13)19-6/h7-8,10-11,14H,9,17H2,1-6H3. The summed E-state index contributed by atoms with van der Waals surface area (Å²) in [6.45, 7) is 8.98. The molecular weight excluding hydrogens is 238 g/mol. The zero-order valence-corrected chi connectivity index (χ0v) is 13.0. The highest BCUT2D eigenvalue weighted by atomic mass is 16.5. The van der Waals surface area contributed by atoms with Crippen LogP contribution in [0.15, 0.2) is 18.2 Å². The predicted octanol–water partition coefficient (Wildman–Crippen LogP) is 3.78. The van der Waals surface area contributed by atoms with Crippen molar-refractivity contribution in [2.45, 2.75) is 40.2 Å². The molecule has 0 spiro atoms. The van der Waals surface area contributed by atoms with Crippen LogP contribution < -0.4 is 15.2 Å². The molecule has 2 N–H and O–H groups in total. The van der Waals surface area contributed by atoms with Gasteiger partial charge in [0.05, 0.1) is 14.2 Å². The number of hydrogen-bond donors (Lipinski definition) is 1. The average molecular weight is 265 g/mol. The van der Waals surface area contributed by atoms with Crippen molar-refractivity contribution in [1.29, 1.82) is 0 Å². The second-order valence-corrected chi connectivity index (χ2v) is 6.22. The fourth-order valence-electron chi connectivity index (χ4n) is 1.99. The molecule has 0 bridgehead atoms. The van der Waals surface area contributed by atoms with Crippen molar-refractivity contribution in [3.8, 4) is 11.5 Å². The van der Waals surface area contributed by atoms with Gasteiger partial charge in [-0.3, -0.25) is 0 Å². The molecule has 0 aromatic heterocycles. The maximum atomic E-state index is 6.34. The van der Waals surface area contributed by atoms with Crippen LogP contribution in [0.5, 0.6) is 11.5 Å². The van der Waals surface area contributed by atoms with E-state index in [0.29, 0.717) is 5.92 Å². The Hall–Kier alpha value is -1.22. The molecule has 0 aliphatic carbocycles. The van der Waals surface area contributed by atoms with Gasteiger partial charge in [-0.1, -0.05) is 33.8 Å². The van der Waals surface area contributed by atoms with Crippen LogP contribution in [-0.4, -0.2) is 14.2 Å². The Labute approximate surface area is 117 Å². The number of nitrogens with two attached hydrogens (primary N) is 1. The summed E-state index contributed by atoms with van der Waals surface area (Å²) in [6, 6.07) is 5.80. The molecule has 3 nitrogen and oxygen atoms in total. The van der Waals surface area contributed by atoms with Crippen molar-refractivity contribution in [2.75, 3.05) is 14.2 Å². The lowest BCUT2D eigenvalue weighted by Crippen LogP contribution is -2.23. The number of hydrogen-bond acceptors (Lipinski definition) is 3. The Balaban J connectivity index is 2.90. The van der Waals surface area contributed by atoms with Crippen LogP contribution in [0.2, 0.25) is 0 Å². The Morgan fingerprint density at radius 2 is 1.79 bits per heavy atom. The summed E-state index contributed by atoms with van der Waals surface area (Å²) in [7, 11) is 3.31. The van der Waals surface area contributed by atoms with E-state index in [1.165, 1.54) is 0 Å². The van der Waals surface area contributed by atoms with E-state index in [9.17, 15) is 0 Å². The second-order valence-electron chi connectivity index (χ2n) is 6.22. The third-order valence-corrected chi connectivity index (χ3v) is 3.93. The fraction of sp³-hybridized carbons (Fsp3) is 0.625. The first-order chi connectivity index (χ1) is 8.79. The van der Waals surface area contributed by atoms with Crippen LogP contribution in [0, 0.1) is 11.3 Å². The second kappa shape index (κ2) is 6.29. The van der Waals surface area contributed by atoms with E-state index in [4.69, 9.17) is 15.2 Å². The number of ether oxygens (including phenoxy) is 2. The molecule has 0 saturated heterocycles. The van der Waals surface area contributed by atoms with Crippen LogP contribution in [0.25, 0.3) is 0 Å². The molecule has 0 radical (unpaired) electrons. The summed E-state index contributed by atoms with van der Waals surface area (Å²) in [5, 5.41) is 0. The van der Waals surface area contributed by atoms with E-state index in [1.807, 2.05) is 18.2 Å². The minimum Gasteiger partial charge on any atom is -0.497 e. The van der Waals surface area contributed by atoms with Gasteiger partial charge in [-0.25, -0.2) is 0 Å². The molecule has 0 aliphatic rings. The number of methoxy groups -OCH3 is 2. The van der Waals surface area contributed by atoms with Gasteiger partial charge in [0.1, 0.15) is 11.5 Å². The molecule has 1 aromatic carbocycles. The third-order valence-electron chi connectivity index (χ3n) is 3.93. The zero-order chi connectivity index (χ0) is 14.6. The molecule has 19 heavy (non-hydrogen) atoms. The monoisotopic (exact) mass is 265 g/mol. The van der Waals surface area contributed by atoms with E-state index in [2.05, 4.69) is 27.7 Å². The van der Waals surface area contributed by atoms with E-state index in [0.717, 1.165) is 23.5 Å². The first kappa shape index (κ1) is 15.8. The maximum Gasteiger partial charge on any atom is 0.127 e. The Kier molecular flexibility index (Phi) is 5.24. The first-order valence-electron chi connectivity index (χ1n) is 6.77. The van der Waals surface area contributed by atoms with Crippen molar-refractivity contribution < 1.29 is 9.47 Å². The van der Waals surface area contributed by atoms with Gasteiger partial charge in [-0.05, 0) is 23.8 Å². The van der Waals surface area contributed by atoms with Crippen molar-refractivity contribution in [2.24, 2.45) is 17.1 Å². The smallest absolute Gasteiger partial charge is 0.127 e. The lowest BCUT2D eigenvalue weighted by atomic mass is 9.77. The summed E-state index contributed by atoms with van der Waals surface area (Å²) in [4.78, 5) is 0. The van der Waals surface area contributed by atoms with E-state index in [-0.39, 0.29) is 11.5 Å². The average Bonchev–Trinajstić information content (AvgIpc) is 2.36. The maximum absolute atomic E-state index is 6.34. The van der Waals surface area contributed by atoms with Gasteiger partial charge >= 0.3 is 0 Å². The lowest BCUT2D eigenvalue weighted by Gasteiger charge is -2.30. The van der Waals surface area contributed by atoms with Gasteiger partial charge in [0.15, 0.2) is 0 Å². The molecule has 0 saturated carbocycles. The van der Waals surface area contributed by atoms with Gasteiger partial charge in [0.2, 0.25) is 0 Å². The van der Waals surface area contributed by atoms with Crippen molar-refractivity contribution in [3.05, 3.63) is 23.8 Å². The van der Waals surface area contributed by atoms with E-state index < -0.39 is 0 Å². The van der Waals surface area contributed by atoms with Crippen LogP contribution >= 0.6 is 0 Å². The molecule has 1 rings (SSSR count). The number of benzene rings is 1. The predicted molar refractivity (Wildman–Crippen MR) is 79.7 cm³/mol. The third kappa shape index (κ3) is 4.13. The molecular formula is C16H27NO2. The molecule has 0 heterocycles. The molecule has 2 unspecified atom stereocenters. The fourth-order valence-corrected chi connectivity index (χ4v) is 1.99. The SMILES string of the molecule is COc1ccc(C(N)CC(C)C(C)(C)C)c(OC)c1. The van der Waals surface area contributed by atoms with E-state index in [1.54, 1.807) is 14.2 Å². The lowest BCUT2D eigenvalue weighted by molar-refractivity contribution is 0.232. The molecule has 3 heteroatoms. The van der Waals surface area contributed by atoms with Crippen molar-refractivity contribution in [1.82, 2.24) is 0 Å². The molecule has 0 fully saturated rings. The van der Waals surface area contributed by atoms with Crippen LogP contribution in [0.4, 0.5) is 0 Å². The van der Waals surface area contributed by atoms with Gasteiger partial charge in [-0.2, -0.15) is 0 Å². The largest absolute Gasteiger partial charge is 0.497 e. The van der Waals surface area contributed by atoms with Gasteiger partial charge in [-0.15, -0.1) is 0 Å². The van der Waals surface area contributed by atoms with Crippen LogP contribution in [0.3, 0.4) is 0 Å². The zero-order valence-electron chi connectivity index (χ0n) is 13.0. The minimum atomic E-state index is -0.0184. The Morgan fingerprint density at radius 1 is 1.16 bits per heavy atom. The topological polar surface area (TPSA) is 44.5 Å². The molecule has 0 aliphatic heterocycles. The Morgan fingerprint density at radius 3 is 2.26 bits per heavy atom. The summed E-state index contributed by atoms with van der Waals surface area (Å²) in [6.07, 6.45) is 0.937. The minimum absolute atomic E-state index is 0.0184. The highest BCUT2D eigenvalue weighted by Gasteiger charge is 2.24.